The Hall–Kier alpha value is -2.33. The lowest BCUT2D eigenvalue weighted by Crippen LogP contribution is -2.40. The third-order valence-electron chi connectivity index (χ3n) is 4.85. The summed E-state index contributed by atoms with van der Waals surface area (Å²) in [7, 11) is -2.25. The van der Waals surface area contributed by atoms with Gasteiger partial charge >= 0.3 is 0 Å². The quantitative estimate of drug-likeness (QED) is 0.640. The minimum absolute atomic E-state index is 0.0714. The van der Waals surface area contributed by atoms with Gasteiger partial charge in [-0.25, -0.2) is 8.42 Å². The Labute approximate surface area is 187 Å². The number of benzene rings is 2. The van der Waals surface area contributed by atoms with Crippen molar-refractivity contribution < 1.29 is 27.4 Å². The van der Waals surface area contributed by atoms with Crippen LogP contribution >= 0.6 is 11.6 Å². The number of nitrogens with one attached hydrogen (secondary N) is 1. The molecule has 1 fully saturated rings. The number of morpholine rings is 1. The van der Waals surface area contributed by atoms with Crippen molar-refractivity contribution in [3.63, 3.8) is 0 Å². The lowest BCUT2D eigenvalue weighted by molar-refractivity contribution is -0.123. The van der Waals surface area contributed by atoms with E-state index in [0.29, 0.717) is 13.2 Å². The second-order valence-electron chi connectivity index (χ2n) is 6.96. The van der Waals surface area contributed by atoms with Crippen molar-refractivity contribution in [1.29, 1.82) is 0 Å². The SMILES string of the molecule is COc1ccc(C(C)NC(=O)COc2ccc(Cl)cc2S(=O)(=O)N2CCOCC2)cc1. The third kappa shape index (κ3) is 5.88. The van der Waals surface area contributed by atoms with Crippen LogP contribution in [0, 0.1) is 0 Å². The third-order valence-corrected chi connectivity index (χ3v) is 7.00. The lowest BCUT2D eigenvalue weighted by Gasteiger charge is -2.27. The van der Waals surface area contributed by atoms with Crippen LogP contribution in [0.3, 0.4) is 0 Å². The van der Waals surface area contributed by atoms with E-state index in [0.717, 1.165) is 11.3 Å². The molecule has 0 saturated carbocycles. The van der Waals surface area contributed by atoms with Crippen LogP contribution in [0.4, 0.5) is 0 Å². The van der Waals surface area contributed by atoms with E-state index < -0.39 is 10.0 Å². The van der Waals surface area contributed by atoms with Gasteiger partial charge in [0.1, 0.15) is 16.4 Å². The van der Waals surface area contributed by atoms with Crippen molar-refractivity contribution in [2.75, 3.05) is 40.0 Å². The molecule has 0 aromatic heterocycles. The van der Waals surface area contributed by atoms with Crippen LogP contribution in [0.25, 0.3) is 0 Å². The molecule has 1 atom stereocenters. The van der Waals surface area contributed by atoms with Crippen molar-refractivity contribution in [2.24, 2.45) is 0 Å². The van der Waals surface area contributed by atoms with E-state index in [4.69, 9.17) is 25.8 Å². The minimum atomic E-state index is -3.84. The molecule has 10 heteroatoms. The summed E-state index contributed by atoms with van der Waals surface area (Å²) in [6.07, 6.45) is 0. The number of methoxy groups -OCH3 is 1. The Bertz CT molecular complexity index is 1010. The van der Waals surface area contributed by atoms with Gasteiger partial charge in [-0.3, -0.25) is 4.79 Å². The highest BCUT2D eigenvalue weighted by atomic mass is 35.5. The Morgan fingerprint density at radius 3 is 2.52 bits per heavy atom. The van der Waals surface area contributed by atoms with E-state index in [1.807, 2.05) is 31.2 Å². The summed E-state index contributed by atoms with van der Waals surface area (Å²) in [6.45, 7) is 2.63. The monoisotopic (exact) mass is 468 g/mol. The largest absolute Gasteiger partial charge is 0.497 e. The van der Waals surface area contributed by atoms with Crippen LogP contribution in [0.2, 0.25) is 5.02 Å². The molecular formula is C21H25ClN2O6S. The van der Waals surface area contributed by atoms with E-state index in [9.17, 15) is 13.2 Å². The van der Waals surface area contributed by atoms with E-state index in [-0.39, 0.29) is 47.3 Å². The molecule has 1 unspecified atom stereocenters. The number of sulfonamides is 1. The zero-order valence-electron chi connectivity index (χ0n) is 17.3. The first-order chi connectivity index (χ1) is 14.8. The van der Waals surface area contributed by atoms with Gasteiger partial charge in [-0.15, -0.1) is 0 Å². The maximum atomic E-state index is 13.0. The van der Waals surface area contributed by atoms with Gasteiger partial charge in [-0.05, 0) is 42.8 Å². The van der Waals surface area contributed by atoms with Crippen LogP contribution in [0.15, 0.2) is 47.4 Å². The number of rotatable bonds is 8. The van der Waals surface area contributed by atoms with E-state index in [1.54, 1.807) is 7.11 Å². The first kappa shape index (κ1) is 23.3. The van der Waals surface area contributed by atoms with E-state index in [2.05, 4.69) is 5.32 Å². The molecule has 0 aliphatic carbocycles. The average Bonchev–Trinajstić information content (AvgIpc) is 2.78. The molecule has 0 spiro atoms. The van der Waals surface area contributed by atoms with Gasteiger partial charge in [-0.1, -0.05) is 23.7 Å². The van der Waals surface area contributed by atoms with Gasteiger partial charge in [0, 0.05) is 18.1 Å². The van der Waals surface area contributed by atoms with Crippen molar-refractivity contribution in [1.82, 2.24) is 9.62 Å². The highest BCUT2D eigenvalue weighted by Crippen LogP contribution is 2.30. The zero-order chi connectivity index (χ0) is 22.4. The topological polar surface area (TPSA) is 94.2 Å². The fourth-order valence-electron chi connectivity index (χ4n) is 3.13. The van der Waals surface area contributed by atoms with Crippen LogP contribution < -0.4 is 14.8 Å². The van der Waals surface area contributed by atoms with Gasteiger partial charge in [-0.2, -0.15) is 4.31 Å². The molecule has 3 rings (SSSR count). The van der Waals surface area contributed by atoms with Gasteiger partial charge < -0.3 is 19.5 Å². The molecule has 1 aliphatic heterocycles. The summed E-state index contributed by atoms with van der Waals surface area (Å²) < 4.78 is 43.3. The second kappa shape index (κ2) is 10.3. The maximum Gasteiger partial charge on any atom is 0.258 e. The first-order valence-corrected chi connectivity index (χ1v) is 11.6. The molecule has 2 aromatic carbocycles. The first-order valence-electron chi connectivity index (χ1n) is 9.75. The summed E-state index contributed by atoms with van der Waals surface area (Å²) in [5.74, 6) is 0.415. The molecule has 0 bridgehead atoms. The standard InChI is InChI=1S/C21H25ClN2O6S/c1-15(16-3-6-18(28-2)7-4-16)23-21(25)14-30-19-8-5-17(22)13-20(19)31(26,27)24-9-11-29-12-10-24/h3-8,13,15H,9-12,14H2,1-2H3,(H,23,25). The summed E-state index contributed by atoms with van der Waals surface area (Å²) in [5, 5.41) is 3.09. The molecule has 1 amide bonds. The number of carbonyl (C=O) groups excluding carboxylic acids is 1. The molecule has 1 heterocycles. The van der Waals surface area contributed by atoms with Crippen LogP contribution in [-0.2, 0) is 19.6 Å². The van der Waals surface area contributed by atoms with Gasteiger partial charge in [0.15, 0.2) is 6.61 Å². The Morgan fingerprint density at radius 2 is 1.87 bits per heavy atom. The molecule has 31 heavy (non-hydrogen) atoms. The van der Waals surface area contributed by atoms with Crippen molar-refractivity contribution in [3.8, 4) is 11.5 Å². The van der Waals surface area contributed by atoms with Gasteiger partial charge in [0.05, 0.1) is 26.4 Å². The number of nitrogens with zero attached hydrogens (tertiary/aromatic N) is 1. The molecular weight excluding hydrogens is 444 g/mol. The summed E-state index contributed by atoms with van der Waals surface area (Å²) in [4.78, 5) is 12.3. The van der Waals surface area contributed by atoms with Crippen LogP contribution in [0.5, 0.6) is 11.5 Å². The summed E-state index contributed by atoms with van der Waals surface area (Å²) in [6, 6.07) is 11.4. The molecule has 1 saturated heterocycles. The predicted molar refractivity (Wildman–Crippen MR) is 116 cm³/mol. The predicted octanol–water partition coefficient (Wildman–Crippen LogP) is 2.63. The van der Waals surface area contributed by atoms with Crippen LogP contribution in [-0.4, -0.2) is 58.7 Å². The number of amides is 1. The average molecular weight is 469 g/mol. The van der Waals surface area contributed by atoms with Crippen molar-refractivity contribution in [3.05, 3.63) is 53.1 Å². The van der Waals surface area contributed by atoms with Crippen molar-refractivity contribution >= 4 is 27.5 Å². The van der Waals surface area contributed by atoms with E-state index >= 15 is 0 Å². The molecule has 1 aliphatic rings. The smallest absolute Gasteiger partial charge is 0.258 e. The Morgan fingerprint density at radius 1 is 1.19 bits per heavy atom. The molecule has 8 nitrogen and oxygen atoms in total. The highest BCUT2D eigenvalue weighted by molar-refractivity contribution is 7.89. The summed E-state index contributed by atoms with van der Waals surface area (Å²) >= 11 is 6.03. The minimum Gasteiger partial charge on any atom is -0.497 e. The molecule has 0 radical (unpaired) electrons. The highest BCUT2D eigenvalue weighted by Gasteiger charge is 2.30. The Balaban J connectivity index is 1.67. The normalized spacial score (nSPS) is 15.8. The van der Waals surface area contributed by atoms with Gasteiger partial charge in [0.25, 0.3) is 5.91 Å². The number of halogens is 1. The van der Waals surface area contributed by atoms with Gasteiger partial charge in [0.2, 0.25) is 10.0 Å². The van der Waals surface area contributed by atoms with Crippen LogP contribution in [0.1, 0.15) is 18.5 Å². The number of hydrogen-bond acceptors (Lipinski definition) is 6. The fourth-order valence-corrected chi connectivity index (χ4v) is 4.93. The zero-order valence-corrected chi connectivity index (χ0v) is 18.9. The maximum absolute atomic E-state index is 13.0. The summed E-state index contributed by atoms with van der Waals surface area (Å²) in [5.41, 5.74) is 0.899. The van der Waals surface area contributed by atoms with Crippen molar-refractivity contribution in [2.45, 2.75) is 17.9 Å². The molecule has 168 valence electrons. The fraction of sp³-hybridized carbons (Fsp3) is 0.381. The van der Waals surface area contributed by atoms with E-state index in [1.165, 1.54) is 22.5 Å². The Kier molecular flexibility index (Phi) is 7.77. The number of carbonyl (C=O) groups is 1. The number of hydrogen-bond donors (Lipinski definition) is 1. The second-order valence-corrected chi connectivity index (χ2v) is 9.30. The molecule has 1 N–H and O–H groups in total. The molecule has 2 aromatic rings. The number of ether oxygens (including phenoxy) is 3. The lowest BCUT2D eigenvalue weighted by atomic mass is 10.1.